The number of amides is 1. The van der Waals surface area contributed by atoms with Crippen LogP contribution in [-0.4, -0.2) is 22.7 Å². The number of nitrogens with one attached hydrogen (secondary N) is 1. The predicted molar refractivity (Wildman–Crippen MR) is 62.1 cm³/mol. The highest BCUT2D eigenvalue weighted by Crippen LogP contribution is 2.17. The van der Waals surface area contributed by atoms with Crippen molar-refractivity contribution in [2.24, 2.45) is 5.14 Å². The van der Waals surface area contributed by atoms with Gasteiger partial charge in [-0.1, -0.05) is 0 Å². The molecule has 0 saturated carbocycles. The maximum Gasteiger partial charge on any atom is 0.348 e. The lowest BCUT2D eigenvalue weighted by Crippen LogP contribution is -2.20. The van der Waals surface area contributed by atoms with Crippen molar-refractivity contribution in [3.05, 3.63) is 24.3 Å². The standard InChI is InChI=1S/C8H10N2O6S2/c1-6(11)10-7-2-4-8(5-3-7)17(12,13)16-18(9,14)15/h2-5H,1H3,(H,10,11)(H2,9,14,15). The topological polar surface area (TPSA) is 133 Å². The van der Waals surface area contributed by atoms with E-state index >= 15 is 0 Å². The average Bonchev–Trinajstić information content (AvgIpc) is 2.13. The van der Waals surface area contributed by atoms with Crippen LogP contribution < -0.4 is 10.5 Å². The van der Waals surface area contributed by atoms with Crippen LogP contribution in [-0.2, 0) is 28.8 Å². The molecule has 1 amide bonds. The van der Waals surface area contributed by atoms with Gasteiger partial charge in [0.2, 0.25) is 5.91 Å². The van der Waals surface area contributed by atoms with Crippen molar-refractivity contribution in [2.75, 3.05) is 5.32 Å². The van der Waals surface area contributed by atoms with E-state index in [1.165, 1.54) is 19.1 Å². The van der Waals surface area contributed by atoms with Crippen LogP contribution in [0.2, 0.25) is 0 Å². The molecular weight excluding hydrogens is 284 g/mol. The van der Waals surface area contributed by atoms with Crippen LogP contribution >= 0.6 is 0 Å². The van der Waals surface area contributed by atoms with E-state index in [0.717, 1.165) is 12.1 Å². The maximum absolute atomic E-state index is 11.4. The molecule has 18 heavy (non-hydrogen) atoms. The average molecular weight is 294 g/mol. The van der Waals surface area contributed by atoms with E-state index in [0.29, 0.717) is 5.69 Å². The largest absolute Gasteiger partial charge is 0.348 e. The Balaban J connectivity index is 3.02. The first-order chi connectivity index (χ1) is 8.10. The smallest absolute Gasteiger partial charge is 0.326 e. The highest BCUT2D eigenvalue weighted by Gasteiger charge is 2.21. The van der Waals surface area contributed by atoms with Gasteiger partial charge in [0.15, 0.2) is 0 Å². The zero-order valence-electron chi connectivity index (χ0n) is 9.15. The molecule has 1 aromatic carbocycles. The van der Waals surface area contributed by atoms with Gasteiger partial charge in [-0.25, -0.2) is 5.14 Å². The van der Waals surface area contributed by atoms with E-state index in [1.807, 2.05) is 0 Å². The van der Waals surface area contributed by atoms with Gasteiger partial charge in [0, 0.05) is 12.6 Å². The minimum atomic E-state index is -4.62. The minimum Gasteiger partial charge on any atom is -0.326 e. The molecule has 10 heteroatoms. The number of carbonyl (C=O) groups excluding carboxylic acids is 1. The van der Waals surface area contributed by atoms with Crippen molar-refractivity contribution in [1.82, 2.24) is 0 Å². The summed E-state index contributed by atoms with van der Waals surface area (Å²) in [5, 5.41) is 6.88. The second-order valence-corrected chi connectivity index (χ2v) is 6.13. The lowest BCUT2D eigenvalue weighted by molar-refractivity contribution is -0.114. The first-order valence-corrected chi connectivity index (χ1v) is 7.34. The highest BCUT2D eigenvalue weighted by molar-refractivity contribution is 7.98. The fourth-order valence-corrected chi connectivity index (χ4v) is 2.85. The molecule has 0 radical (unpaired) electrons. The Bertz CT molecular complexity index is 647. The Morgan fingerprint density at radius 3 is 2.06 bits per heavy atom. The Hall–Kier alpha value is -1.49. The van der Waals surface area contributed by atoms with Gasteiger partial charge in [0.1, 0.15) is 0 Å². The number of hydrogen-bond acceptors (Lipinski definition) is 6. The van der Waals surface area contributed by atoms with Crippen molar-refractivity contribution >= 4 is 32.0 Å². The van der Waals surface area contributed by atoms with Crippen LogP contribution in [0, 0.1) is 0 Å². The summed E-state index contributed by atoms with van der Waals surface area (Å²) in [6, 6.07) is 4.71. The fourth-order valence-electron chi connectivity index (χ4n) is 1.07. The van der Waals surface area contributed by atoms with Gasteiger partial charge in [0.05, 0.1) is 4.90 Å². The van der Waals surface area contributed by atoms with Crippen molar-refractivity contribution in [3.63, 3.8) is 0 Å². The summed E-state index contributed by atoms with van der Waals surface area (Å²) < 4.78 is 47.7. The van der Waals surface area contributed by atoms with Crippen LogP contribution in [0.4, 0.5) is 5.69 Å². The molecule has 1 aromatic rings. The lowest BCUT2D eigenvalue weighted by Gasteiger charge is -2.05. The third-order valence-corrected chi connectivity index (χ3v) is 3.97. The summed E-state index contributed by atoms with van der Waals surface area (Å²) in [7, 11) is -9.11. The molecule has 1 rings (SSSR count). The lowest BCUT2D eigenvalue weighted by atomic mass is 10.3. The van der Waals surface area contributed by atoms with E-state index in [9.17, 15) is 21.6 Å². The van der Waals surface area contributed by atoms with Crippen molar-refractivity contribution in [1.29, 1.82) is 0 Å². The maximum atomic E-state index is 11.4. The third kappa shape index (κ3) is 4.41. The number of carbonyl (C=O) groups is 1. The van der Waals surface area contributed by atoms with E-state index in [2.05, 4.69) is 14.1 Å². The molecule has 100 valence electrons. The Morgan fingerprint density at radius 1 is 1.17 bits per heavy atom. The van der Waals surface area contributed by atoms with Gasteiger partial charge < -0.3 is 5.32 Å². The summed E-state index contributed by atoms with van der Waals surface area (Å²) in [5.74, 6) is -0.327. The molecule has 0 bridgehead atoms. The fraction of sp³-hybridized carbons (Fsp3) is 0.125. The van der Waals surface area contributed by atoms with Gasteiger partial charge in [-0.3, -0.25) is 4.79 Å². The molecule has 0 aliphatic carbocycles. The van der Waals surface area contributed by atoms with Crippen molar-refractivity contribution < 1.29 is 25.3 Å². The van der Waals surface area contributed by atoms with Gasteiger partial charge in [0.25, 0.3) is 0 Å². The monoisotopic (exact) mass is 294 g/mol. The SMILES string of the molecule is CC(=O)Nc1ccc(S(=O)(=O)OS(N)(=O)=O)cc1. The quantitative estimate of drug-likeness (QED) is 0.773. The van der Waals surface area contributed by atoms with Crippen molar-refractivity contribution in [3.8, 4) is 0 Å². The molecule has 8 nitrogen and oxygen atoms in total. The molecule has 0 unspecified atom stereocenters. The van der Waals surface area contributed by atoms with Gasteiger partial charge in [-0.2, -0.15) is 16.8 Å². The molecule has 0 aliphatic heterocycles. The molecule has 3 N–H and O–H groups in total. The van der Waals surface area contributed by atoms with Crippen LogP contribution in [0.25, 0.3) is 0 Å². The summed E-state index contributed by atoms with van der Waals surface area (Å²) in [5.41, 5.74) is 0.358. The Labute approximate surface area is 104 Å². The molecule has 0 aromatic heterocycles. The number of hydrogen-bond donors (Lipinski definition) is 2. The van der Waals surface area contributed by atoms with Gasteiger partial charge >= 0.3 is 20.4 Å². The Kier molecular flexibility index (Phi) is 4.06. The number of anilines is 1. The summed E-state index contributed by atoms with van der Waals surface area (Å²) >= 11 is 0. The minimum absolute atomic E-state index is 0.327. The summed E-state index contributed by atoms with van der Waals surface area (Å²) in [6.07, 6.45) is 0. The normalized spacial score (nSPS) is 12.1. The van der Waals surface area contributed by atoms with Crippen LogP contribution in [0.3, 0.4) is 0 Å². The van der Waals surface area contributed by atoms with Crippen LogP contribution in [0.5, 0.6) is 0 Å². The summed E-state index contributed by atoms with van der Waals surface area (Å²) in [4.78, 5) is 10.3. The van der Waals surface area contributed by atoms with Gasteiger partial charge in [-0.05, 0) is 24.3 Å². The van der Waals surface area contributed by atoms with Crippen LogP contribution in [0.1, 0.15) is 6.92 Å². The molecule has 0 saturated heterocycles. The predicted octanol–water partition coefficient (Wildman–Crippen LogP) is -0.446. The number of benzene rings is 1. The van der Waals surface area contributed by atoms with E-state index < -0.39 is 25.3 Å². The van der Waals surface area contributed by atoms with E-state index in [1.54, 1.807) is 0 Å². The zero-order chi connectivity index (χ0) is 14.0. The first kappa shape index (κ1) is 14.6. The van der Waals surface area contributed by atoms with Crippen molar-refractivity contribution in [2.45, 2.75) is 11.8 Å². The van der Waals surface area contributed by atoms with E-state index in [-0.39, 0.29) is 5.91 Å². The molecule has 0 aliphatic rings. The van der Waals surface area contributed by atoms with Crippen LogP contribution in [0.15, 0.2) is 29.2 Å². The second-order valence-electron chi connectivity index (χ2n) is 3.22. The number of rotatable bonds is 4. The molecule has 0 atom stereocenters. The highest BCUT2D eigenvalue weighted by atomic mass is 32.3. The first-order valence-electron chi connectivity index (χ1n) is 4.47. The Morgan fingerprint density at radius 2 is 1.67 bits per heavy atom. The second kappa shape index (κ2) is 5.02. The van der Waals surface area contributed by atoms with Gasteiger partial charge in [-0.15, -0.1) is 3.63 Å². The van der Waals surface area contributed by atoms with E-state index in [4.69, 9.17) is 0 Å². The molecule has 0 fully saturated rings. The zero-order valence-corrected chi connectivity index (χ0v) is 10.8. The molecular formula is C8H10N2O6S2. The third-order valence-electron chi connectivity index (χ3n) is 1.65. The molecule has 0 heterocycles. The number of nitrogens with two attached hydrogens (primary N) is 1. The summed E-state index contributed by atoms with van der Waals surface area (Å²) in [6.45, 7) is 1.29. The molecule has 0 spiro atoms.